The highest BCUT2D eigenvalue weighted by Crippen LogP contribution is 2.39. The molecule has 126 valence electrons. The highest BCUT2D eigenvalue weighted by molar-refractivity contribution is 6.35. The summed E-state index contributed by atoms with van der Waals surface area (Å²) in [6.45, 7) is 3.66. The second-order valence-corrected chi connectivity index (χ2v) is 7.78. The molecule has 0 radical (unpaired) electrons. The Morgan fingerprint density at radius 3 is 2.35 bits per heavy atom. The van der Waals surface area contributed by atoms with Crippen LogP contribution in [0.4, 0.5) is 0 Å². The number of aliphatic hydroxyl groups is 1. The van der Waals surface area contributed by atoms with E-state index in [-0.39, 0.29) is 11.5 Å². The zero-order valence-corrected chi connectivity index (χ0v) is 14.7. The van der Waals surface area contributed by atoms with Gasteiger partial charge >= 0.3 is 0 Å². The van der Waals surface area contributed by atoms with Crippen molar-refractivity contribution in [1.82, 2.24) is 4.90 Å². The van der Waals surface area contributed by atoms with Crippen molar-refractivity contribution in [3.8, 4) is 0 Å². The van der Waals surface area contributed by atoms with Crippen LogP contribution >= 0.6 is 23.2 Å². The van der Waals surface area contributed by atoms with Crippen molar-refractivity contribution in [1.29, 1.82) is 0 Å². The summed E-state index contributed by atoms with van der Waals surface area (Å²) in [6.07, 6.45) is 2.77. The average Bonchev–Trinajstić information content (AvgIpc) is 2.45. The SMILES string of the molecule is CC1(O)CCOC2(CCN(C(=O)c3cc(Cl)cc(Cl)c3)CC2)C1. The van der Waals surface area contributed by atoms with Gasteiger partial charge in [0.25, 0.3) is 5.91 Å². The van der Waals surface area contributed by atoms with Crippen LogP contribution in [0.1, 0.15) is 43.0 Å². The largest absolute Gasteiger partial charge is 0.390 e. The number of piperidine rings is 1. The summed E-state index contributed by atoms with van der Waals surface area (Å²) in [5.41, 5.74) is -0.468. The fraction of sp³-hybridized carbons (Fsp3) is 0.588. The Morgan fingerprint density at radius 2 is 1.78 bits per heavy atom. The second-order valence-electron chi connectivity index (χ2n) is 6.91. The van der Waals surface area contributed by atoms with E-state index >= 15 is 0 Å². The Balaban J connectivity index is 1.68. The molecule has 2 saturated heterocycles. The smallest absolute Gasteiger partial charge is 0.253 e. The monoisotopic (exact) mass is 357 g/mol. The molecule has 0 aliphatic carbocycles. The number of likely N-dealkylation sites (tertiary alicyclic amines) is 1. The molecule has 1 unspecified atom stereocenters. The van der Waals surface area contributed by atoms with E-state index in [2.05, 4.69) is 0 Å². The molecule has 2 fully saturated rings. The summed E-state index contributed by atoms with van der Waals surface area (Å²) in [4.78, 5) is 14.4. The third-order valence-corrected chi connectivity index (χ3v) is 5.26. The molecule has 2 aliphatic heterocycles. The Bertz CT molecular complexity index is 590. The minimum Gasteiger partial charge on any atom is -0.390 e. The molecule has 3 rings (SSSR count). The Morgan fingerprint density at radius 1 is 1.17 bits per heavy atom. The Labute approximate surface area is 146 Å². The first-order valence-corrected chi connectivity index (χ1v) is 8.66. The summed E-state index contributed by atoms with van der Waals surface area (Å²) >= 11 is 12.0. The lowest BCUT2D eigenvalue weighted by molar-refractivity contribution is -0.170. The van der Waals surface area contributed by atoms with E-state index in [0.717, 1.165) is 12.8 Å². The first kappa shape index (κ1) is 17.0. The van der Waals surface area contributed by atoms with Crippen molar-refractivity contribution in [2.75, 3.05) is 19.7 Å². The third kappa shape index (κ3) is 3.82. The van der Waals surface area contributed by atoms with E-state index < -0.39 is 5.60 Å². The summed E-state index contributed by atoms with van der Waals surface area (Å²) in [5, 5.41) is 11.2. The second kappa shape index (κ2) is 6.25. The van der Waals surface area contributed by atoms with Gasteiger partial charge in [0.1, 0.15) is 0 Å². The van der Waals surface area contributed by atoms with Crippen LogP contribution in [0.5, 0.6) is 0 Å². The van der Waals surface area contributed by atoms with Crippen molar-refractivity contribution in [3.05, 3.63) is 33.8 Å². The van der Waals surface area contributed by atoms with Gasteiger partial charge in [-0.3, -0.25) is 4.79 Å². The van der Waals surface area contributed by atoms with E-state index in [1.165, 1.54) is 0 Å². The topological polar surface area (TPSA) is 49.8 Å². The fourth-order valence-corrected chi connectivity index (χ4v) is 4.15. The van der Waals surface area contributed by atoms with E-state index in [9.17, 15) is 9.90 Å². The molecule has 0 aromatic heterocycles. The van der Waals surface area contributed by atoms with Gasteiger partial charge < -0.3 is 14.7 Å². The minimum atomic E-state index is -0.676. The van der Waals surface area contributed by atoms with Crippen LogP contribution in [0.15, 0.2) is 18.2 Å². The molecule has 1 atom stereocenters. The molecule has 0 saturated carbocycles. The number of carbonyl (C=O) groups excluding carboxylic acids is 1. The highest BCUT2D eigenvalue weighted by Gasteiger charge is 2.44. The molecule has 2 heterocycles. The zero-order valence-electron chi connectivity index (χ0n) is 13.1. The van der Waals surface area contributed by atoms with Crippen LogP contribution in [0.25, 0.3) is 0 Å². The molecule has 23 heavy (non-hydrogen) atoms. The van der Waals surface area contributed by atoms with Crippen molar-refractivity contribution < 1.29 is 14.6 Å². The normalized spacial score (nSPS) is 27.2. The van der Waals surface area contributed by atoms with Crippen LogP contribution in [0, 0.1) is 0 Å². The molecule has 1 aromatic carbocycles. The lowest BCUT2D eigenvalue weighted by Crippen LogP contribution is -2.54. The molecular weight excluding hydrogens is 337 g/mol. The summed E-state index contributed by atoms with van der Waals surface area (Å²) < 4.78 is 5.97. The van der Waals surface area contributed by atoms with Gasteiger partial charge in [-0.05, 0) is 44.4 Å². The van der Waals surface area contributed by atoms with Gasteiger partial charge in [0.2, 0.25) is 0 Å². The van der Waals surface area contributed by atoms with E-state index in [1.807, 2.05) is 6.92 Å². The maximum Gasteiger partial charge on any atom is 0.253 e. The zero-order chi connectivity index (χ0) is 16.7. The van der Waals surface area contributed by atoms with Gasteiger partial charge in [0.05, 0.1) is 17.8 Å². The predicted molar refractivity (Wildman–Crippen MR) is 90.1 cm³/mol. The number of hydrogen-bond donors (Lipinski definition) is 1. The van der Waals surface area contributed by atoms with Crippen molar-refractivity contribution >= 4 is 29.1 Å². The average molecular weight is 358 g/mol. The molecule has 6 heteroatoms. The van der Waals surface area contributed by atoms with Crippen LogP contribution in [0.2, 0.25) is 10.0 Å². The molecular formula is C17H21Cl2NO3. The maximum atomic E-state index is 12.6. The standard InChI is InChI=1S/C17H21Cl2NO3/c1-16(22)4-7-23-17(11-16)2-5-20(6-3-17)15(21)12-8-13(18)10-14(19)9-12/h8-10,22H,2-7,11H2,1H3. The molecule has 1 amide bonds. The number of benzene rings is 1. The third-order valence-electron chi connectivity index (χ3n) is 4.82. The van der Waals surface area contributed by atoms with Gasteiger partial charge in [-0.1, -0.05) is 23.2 Å². The molecule has 1 aromatic rings. The summed E-state index contributed by atoms with van der Waals surface area (Å²) in [7, 11) is 0. The van der Waals surface area contributed by atoms with E-state index in [1.54, 1.807) is 23.1 Å². The predicted octanol–water partition coefficient (Wildman–Crippen LogP) is 3.53. The maximum absolute atomic E-state index is 12.6. The lowest BCUT2D eigenvalue weighted by atomic mass is 9.78. The number of rotatable bonds is 1. The molecule has 1 spiro atoms. The van der Waals surface area contributed by atoms with Gasteiger partial charge in [-0.15, -0.1) is 0 Å². The molecule has 1 N–H and O–H groups in total. The minimum absolute atomic E-state index is 0.0631. The van der Waals surface area contributed by atoms with Gasteiger partial charge in [-0.2, -0.15) is 0 Å². The van der Waals surface area contributed by atoms with Gasteiger partial charge in [0, 0.05) is 35.1 Å². The number of halogens is 2. The van der Waals surface area contributed by atoms with Gasteiger partial charge in [0.15, 0.2) is 0 Å². The van der Waals surface area contributed by atoms with Crippen molar-refractivity contribution in [2.24, 2.45) is 0 Å². The number of hydrogen-bond acceptors (Lipinski definition) is 3. The number of amides is 1. The van der Waals surface area contributed by atoms with E-state index in [0.29, 0.717) is 48.1 Å². The number of carbonyl (C=O) groups is 1. The molecule has 4 nitrogen and oxygen atoms in total. The van der Waals surface area contributed by atoms with E-state index in [4.69, 9.17) is 27.9 Å². The lowest BCUT2D eigenvalue weighted by Gasteiger charge is -2.48. The Kier molecular flexibility index (Phi) is 4.62. The quantitative estimate of drug-likeness (QED) is 0.836. The van der Waals surface area contributed by atoms with Gasteiger partial charge in [-0.25, -0.2) is 0 Å². The highest BCUT2D eigenvalue weighted by atomic mass is 35.5. The molecule has 2 aliphatic rings. The van der Waals surface area contributed by atoms with Crippen LogP contribution in [0.3, 0.4) is 0 Å². The fourth-order valence-electron chi connectivity index (χ4n) is 3.62. The van der Waals surface area contributed by atoms with Crippen molar-refractivity contribution in [3.63, 3.8) is 0 Å². The first-order valence-electron chi connectivity index (χ1n) is 7.90. The van der Waals surface area contributed by atoms with Crippen molar-refractivity contribution in [2.45, 2.75) is 43.8 Å². The first-order chi connectivity index (χ1) is 10.8. The Hall–Kier alpha value is -0.810. The summed E-state index contributed by atoms with van der Waals surface area (Å²) in [5.74, 6) is -0.0631. The van der Waals surface area contributed by atoms with Crippen LogP contribution in [-0.4, -0.2) is 46.8 Å². The number of nitrogens with zero attached hydrogens (tertiary/aromatic N) is 1. The van der Waals surface area contributed by atoms with Crippen LogP contribution in [-0.2, 0) is 4.74 Å². The summed E-state index contributed by atoms with van der Waals surface area (Å²) in [6, 6.07) is 4.90. The molecule has 0 bridgehead atoms. The number of ether oxygens (including phenoxy) is 1. The van der Waals surface area contributed by atoms with Crippen LogP contribution < -0.4 is 0 Å².